The van der Waals surface area contributed by atoms with Gasteiger partial charge in [-0.15, -0.1) is 0 Å². The smallest absolute Gasteiger partial charge is 0.259 e. The molecule has 0 bridgehead atoms. The Bertz CT molecular complexity index is 497. The molecule has 5 nitrogen and oxygen atoms in total. The molecule has 0 saturated carbocycles. The van der Waals surface area contributed by atoms with Crippen LogP contribution in [0, 0.1) is 5.92 Å². The fourth-order valence-corrected chi connectivity index (χ4v) is 2.65. The second-order valence-corrected chi connectivity index (χ2v) is 5.10. The predicted molar refractivity (Wildman–Crippen MR) is 74.2 cm³/mol. The molecule has 0 radical (unpaired) electrons. The summed E-state index contributed by atoms with van der Waals surface area (Å²) in [6.45, 7) is 6.58. The molecule has 5 heteroatoms. The van der Waals surface area contributed by atoms with Crippen LogP contribution in [0.3, 0.4) is 0 Å². The van der Waals surface area contributed by atoms with Gasteiger partial charge in [-0.05, 0) is 18.9 Å². The number of H-pyrrole nitrogens is 1. The van der Waals surface area contributed by atoms with E-state index >= 15 is 0 Å². The van der Waals surface area contributed by atoms with Crippen molar-refractivity contribution < 1.29 is 4.79 Å². The van der Waals surface area contributed by atoms with Crippen LogP contribution >= 0.6 is 0 Å². The second kappa shape index (κ2) is 6.02. The van der Waals surface area contributed by atoms with Crippen LogP contribution in [0.25, 0.3) is 0 Å². The summed E-state index contributed by atoms with van der Waals surface area (Å²) in [6, 6.07) is 1.85. The largest absolute Gasteiger partial charge is 0.367 e. The number of carbonyl (C=O) groups excluding carboxylic acids is 1. The number of aromatic nitrogens is 1. The third kappa shape index (κ3) is 3.04. The van der Waals surface area contributed by atoms with Crippen molar-refractivity contribution in [1.29, 1.82) is 0 Å². The van der Waals surface area contributed by atoms with Crippen LogP contribution < -0.4 is 10.7 Å². The molecule has 1 aromatic heterocycles. The number of likely N-dealkylation sites (tertiary alicyclic amines) is 1. The van der Waals surface area contributed by atoms with Gasteiger partial charge in [0.15, 0.2) is 5.43 Å². The van der Waals surface area contributed by atoms with E-state index in [-0.39, 0.29) is 16.9 Å². The Hall–Kier alpha value is -1.62. The maximum Gasteiger partial charge on any atom is 0.259 e. The Morgan fingerprint density at radius 1 is 1.58 bits per heavy atom. The lowest BCUT2D eigenvalue weighted by molar-refractivity contribution is 0.0644. The molecule has 0 spiro atoms. The number of hydrogen-bond acceptors (Lipinski definition) is 3. The quantitative estimate of drug-likeness (QED) is 0.849. The third-order valence-corrected chi connectivity index (χ3v) is 3.71. The van der Waals surface area contributed by atoms with Crippen molar-refractivity contribution in [2.45, 2.75) is 26.3 Å². The van der Waals surface area contributed by atoms with Gasteiger partial charge in [0.05, 0.1) is 0 Å². The Morgan fingerprint density at radius 2 is 2.37 bits per heavy atom. The highest BCUT2D eigenvalue weighted by molar-refractivity contribution is 5.93. The molecule has 2 atom stereocenters. The van der Waals surface area contributed by atoms with Gasteiger partial charge in [-0.2, -0.15) is 0 Å². The van der Waals surface area contributed by atoms with Crippen LogP contribution in [-0.2, 0) is 0 Å². The summed E-state index contributed by atoms with van der Waals surface area (Å²) in [7, 11) is 0. The lowest BCUT2D eigenvalue weighted by Crippen LogP contribution is -2.50. The first kappa shape index (κ1) is 13.8. The minimum atomic E-state index is -0.217. The molecule has 2 rings (SSSR count). The molecular weight excluding hydrogens is 242 g/mol. The van der Waals surface area contributed by atoms with E-state index in [1.54, 1.807) is 11.1 Å². The number of hydrogen-bond donors (Lipinski definition) is 2. The Balaban J connectivity index is 2.07. The molecule has 1 aromatic rings. The van der Waals surface area contributed by atoms with Gasteiger partial charge in [-0.3, -0.25) is 9.59 Å². The van der Waals surface area contributed by atoms with Crippen molar-refractivity contribution in [2.75, 3.05) is 19.6 Å². The molecule has 1 amide bonds. The summed E-state index contributed by atoms with van der Waals surface area (Å²) >= 11 is 0. The Labute approximate surface area is 113 Å². The van der Waals surface area contributed by atoms with Crippen molar-refractivity contribution in [2.24, 2.45) is 5.92 Å². The number of nitrogens with zero attached hydrogens (tertiary/aromatic N) is 1. The van der Waals surface area contributed by atoms with E-state index in [1.807, 2.05) is 0 Å². The molecule has 2 N–H and O–H groups in total. The molecule has 2 unspecified atom stereocenters. The zero-order chi connectivity index (χ0) is 13.8. The number of carbonyl (C=O) groups is 1. The molecule has 0 aromatic carbocycles. The highest BCUT2D eigenvalue weighted by atomic mass is 16.2. The van der Waals surface area contributed by atoms with Crippen LogP contribution in [0.1, 0.15) is 30.6 Å². The molecule has 1 saturated heterocycles. The number of rotatable bonds is 3. The number of piperidine rings is 1. The van der Waals surface area contributed by atoms with Gasteiger partial charge in [0.25, 0.3) is 5.91 Å². The molecule has 104 valence electrons. The number of amides is 1. The van der Waals surface area contributed by atoms with Crippen LogP contribution in [0.5, 0.6) is 0 Å². The Morgan fingerprint density at radius 3 is 3.00 bits per heavy atom. The predicted octanol–water partition coefficient (Wildman–Crippen LogP) is 0.835. The van der Waals surface area contributed by atoms with E-state index < -0.39 is 0 Å². The zero-order valence-corrected chi connectivity index (χ0v) is 11.5. The zero-order valence-electron chi connectivity index (χ0n) is 11.5. The molecule has 0 aliphatic carbocycles. The molecular formula is C14H21N3O2. The standard InChI is InChI=1S/C14H21N3O2/c1-3-16-12-5-7-17(9-10(12)2)14(19)11-8-15-6-4-13(11)18/h4,6,8,10,12,16H,3,5,7,9H2,1-2H3,(H,15,18). The van der Waals surface area contributed by atoms with Crippen molar-refractivity contribution >= 4 is 5.91 Å². The van der Waals surface area contributed by atoms with Gasteiger partial charge >= 0.3 is 0 Å². The van der Waals surface area contributed by atoms with E-state index in [9.17, 15) is 9.59 Å². The van der Waals surface area contributed by atoms with E-state index in [2.05, 4.69) is 24.1 Å². The van der Waals surface area contributed by atoms with Crippen molar-refractivity contribution in [3.63, 3.8) is 0 Å². The van der Waals surface area contributed by atoms with Gasteiger partial charge in [0, 0.05) is 37.6 Å². The van der Waals surface area contributed by atoms with Gasteiger partial charge in [0.1, 0.15) is 5.56 Å². The SMILES string of the molecule is CCNC1CCN(C(=O)c2c[nH]ccc2=O)CC1C. The summed E-state index contributed by atoms with van der Waals surface area (Å²) < 4.78 is 0. The highest BCUT2D eigenvalue weighted by Crippen LogP contribution is 2.18. The highest BCUT2D eigenvalue weighted by Gasteiger charge is 2.29. The Kier molecular flexibility index (Phi) is 4.37. The molecule has 1 aliphatic heterocycles. The summed E-state index contributed by atoms with van der Waals surface area (Å²) in [6.07, 6.45) is 3.97. The summed E-state index contributed by atoms with van der Waals surface area (Å²) in [5.74, 6) is 0.240. The topological polar surface area (TPSA) is 65.2 Å². The fourth-order valence-electron chi connectivity index (χ4n) is 2.65. The van der Waals surface area contributed by atoms with Gasteiger partial charge < -0.3 is 15.2 Å². The maximum absolute atomic E-state index is 12.3. The van der Waals surface area contributed by atoms with Crippen molar-refractivity contribution in [3.05, 3.63) is 34.2 Å². The molecule has 2 heterocycles. The van der Waals surface area contributed by atoms with E-state index in [0.717, 1.165) is 13.0 Å². The van der Waals surface area contributed by atoms with Crippen LogP contribution in [0.2, 0.25) is 0 Å². The minimum Gasteiger partial charge on any atom is -0.367 e. The number of nitrogens with one attached hydrogen (secondary N) is 2. The van der Waals surface area contributed by atoms with Gasteiger partial charge in [-0.1, -0.05) is 13.8 Å². The monoisotopic (exact) mass is 263 g/mol. The first-order valence-corrected chi connectivity index (χ1v) is 6.83. The average molecular weight is 263 g/mol. The number of aromatic amines is 1. The third-order valence-electron chi connectivity index (χ3n) is 3.71. The van der Waals surface area contributed by atoms with Crippen molar-refractivity contribution in [3.8, 4) is 0 Å². The van der Waals surface area contributed by atoms with Gasteiger partial charge in [0.2, 0.25) is 0 Å². The first-order valence-electron chi connectivity index (χ1n) is 6.83. The van der Waals surface area contributed by atoms with Crippen molar-refractivity contribution in [1.82, 2.24) is 15.2 Å². The lowest BCUT2D eigenvalue weighted by Gasteiger charge is -2.37. The molecule has 1 aliphatic rings. The minimum absolute atomic E-state index is 0.163. The number of pyridine rings is 1. The summed E-state index contributed by atoms with van der Waals surface area (Å²) in [5, 5.41) is 3.44. The summed E-state index contributed by atoms with van der Waals surface area (Å²) in [4.78, 5) is 28.6. The van der Waals surface area contributed by atoms with Gasteiger partial charge in [-0.25, -0.2) is 0 Å². The lowest BCUT2D eigenvalue weighted by atomic mass is 9.93. The van der Waals surface area contributed by atoms with Crippen LogP contribution in [0.15, 0.2) is 23.3 Å². The summed E-state index contributed by atoms with van der Waals surface area (Å²) in [5.41, 5.74) is 0.0156. The normalized spacial score (nSPS) is 23.4. The first-order chi connectivity index (χ1) is 9.13. The average Bonchev–Trinajstić information content (AvgIpc) is 2.41. The maximum atomic E-state index is 12.3. The van der Waals surface area contributed by atoms with E-state index in [1.165, 1.54) is 12.3 Å². The molecule has 1 fully saturated rings. The van der Waals surface area contributed by atoms with E-state index in [4.69, 9.17) is 0 Å². The van der Waals surface area contributed by atoms with Crippen LogP contribution in [0.4, 0.5) is 0 Å². The van der Waals surface area contributed by atoms with Crippen LogP contribution in [-0.4, -0.2) is 41.5 Å². The fraction of sp³-hybridized carbons (Fsp3) is 0.571. The van der Waals surface area contributed by atoms with E-state index in [0.29, 0.717) is 25.0 Å². The second-order valence-electron chi connectivity index (χ2n) is 5.10. The molecule has 19 heavy (non-hydrogen) atoms.